The number of carbonyl (C=O) groups is 2. The fourth-order valence-corrected chi connectivity index (χ4v) is 3.84. The second kappa shape index (κ2) is 10.3. The minimum absolute atomic E-state index is 0.432. The number of rotatable bonds is 7. The summed E-state index contributed by atoms with van der Waals surface area (Å²) < 4.78 is 5.39. The summed E-state index contributed by atoms with van der Waals surface area (Å²) in [6.45, 7) is 3.94. The van der Waals surface area contributed by atoms with Crippen molar-refractivity contribution < 1.29 is 14.0 Å². The number of carbonyl (C=O) groups excluding carboxylic acids is 2. The molecule has 0 atom stereocenters. The van der Waals surface area contributed by atoms with Crippen LogP contribution in [0.5, 0.6) is 0 Å². The van der Waals surface area contributed by atoms with Gasteiger partial charge in [-0.3, -0.25) is 14.5 Å². The fourth-order valence-electron chi connectivity index (χ4n) is 3.84. The SMILES string of the molecule is O=C(NCCC1=CCCCC1)C(=O)NCC1CCN(Cc2ccco2)CC1. The lowest BCUT2D eigenvalue weighted by Crippen LogP contribution is -2.44. The number of hydrogen-bond donors (Lipinski definition) is 2. The molecule has 148 valence electrons. The molecule has 2 N–H and O–H groups in total. The van der Waals surface area contributed by atoms with Crippen LogP contribution < -0.4 is 10.6 Å². The highest BCUT2D eigenvalue weighted by atomic mass is 16.3. The lowest BCUT2D eigenvalue weighted by molar-refractivity contribution is -0.139. The first kappa shape index (κ1) is 19.7. The number of nitrogens with zero attached hydrogens (tertiary/aromatic N) is 1. The summed E-state index contributed by atoms with van der Waals surface area (Å²) in [7, 11) is 0. The van der Waals surface area contributed by atoms with E-state index in [0.29, 0.717) is 19.0 Å². The average molecular weight is 373 g/mol. The molecule has 2 amide bonds. The lowest BCUT2D eigenvalue weighted by atomic mass is 9.96. The molecule has 0 aromatic carbocycles. The highest BCUT2D eigenvalue weighted by molar-refractivity contribution is 6.35. The second-order valence-electron chi connectivity index (χ2n) is 7.62. The van der Waals surface area contributed by atoms with Crippen LogP contribution in [-0.2, 0) is 16.1 Å². The van der Waals surface area contributed by atoms with Crippen LogP contribution in [0.25, 0.3) is 0 Å². The van der Waals surface area contributed by atoms with Crippen LogP contribution in [0.4, 0.5) is 0 Å². The van der Waals surface area contributed by atoms with Crippen LogP contribution in [0.3, 0.4) is 0 Å². The van der Waals surface area contributed by atoms with Crippen molar-refractivity contribution in [3.05, 3.63) is 35.8 Å². The van der Waals surface area contributed by atoms with Gasteiger partial charge in [0.2, 0.25) is 0 Å². The van der Waals surface area contributed by atoms with Gasteiger partial charge in [0.15, 0.2) is 0 Å². The monoisotopic (exact) mass is 373 g/mol. The van der Waals surface area contributed by atoms with Gasteiger partial charge in [0.05, 0.1) is 12.8 Å². The molecule has 1 aromatic rings. The normalized spacial score (nSPS) is 18.7. The zero-order valence-corrected chi connectivity index (χ0v) is 16.0. The van der Waals surface area contributed by atoms with Crippen molar-refractivity contribution >= 4 is 11.8 Å². The number of piperidine rings is 1. The van der Waals surface area contributed by atoms with E-state index in [1.807, 2.05) is 12.1 Å². The van der Waals surface area contributed by atoms with Gasteiger partial charge < -0.3 is 15.1 Å². The van der Waals surface area contributed by atoms with E-state index in [4.69, 9.17) is 4.42 Å². The summed E-state index contributed by atoms with van der Waals surface area (Å²) in [5, 5.41) is 5.54. The third-order valence-electron chi connectivity index (χ3n) is 5.54. The summed E-state index contributed by atoms with van der Waals surface area (Å²) in [6, 6.07) is 3.91. The molecule has 0 unspecified atom stereocenters. The Morgan fingerprint density at radius 1 is 1.15 bits per heavy atom. The third kappa shape index (κ3) is 6.54. The van der Waals surface area contributed by atoms with Crippen LogP contribution in [-0.4, -0.2) is 42.9 Å². The van der Waals surface area contributed by atoms with E-state index in [1.54, 1.807) is 6.26 Å². The minimum Gasteiger partial charge on any atom is -0.468 e. The maximum Gasteiger partial charge on any atom is 0.309 e. The molecule has 3 rings (SSSR count). The number of likely N-dealkylation sites (tertiary alicyclic amines) is 1. The topological polar surface area (TPSA) is 74.6 Å². The molecule has 2 aliphatic rings. The highest BCUT2D eigenvalue weighted by Gasteiger charge is 2.21. The summed E-state index contributed by atoms with van der Waals surface area (Å²) in [5.41, 5.74) is 1.41. The van der Waals surface area contributed by atoms with E-state index in [-0.39, 0.29) is 0 Å². The zero-order valence-electron chi connectivity index (χ0n) is 16.0. The molecule has 27 heavy (non-hydrogen) atoms. The Morgan fingerprint density at radius 3 is 2.67 bits per heavy atom. The van der Waals surface area contributed by atoms with E-state index in [2.05, 4.69) is 21.6 Å². The van der Waals surface area contributed by atoms with Gasteiger partial charge >= 0.3 is 11.8 Å². The molecule has 6 nitrogen and oxygen atoms in total. The first-order valence-electron chi connectivity index (χ1n) is 10.2. The number of allylic oxidation sites excluding steroid dienone is 1. The second-order valence-corrected chi connectivity index (χ2v) is 7.62. The van der Waals surface area contributed by atoms with Crippen molar-refractivity contribution in [2.45, 2.75) is 51.5 Å². The maximum atomic E-state index is 12.0. The summed E-state index contributed by atoms with van der Waals surface area (Å²) in [6.07, 6.45) is 11.6. The lowest BCUT2D eigenvalue weighted by Gasteiger charge is -2.31. The predicted molar refractivity (Wildman–Crippen MR) is 104 cm³/mol. The van der Waals surface area contributed by atoms with Gasteiger partial charge in [-0.15, -0.1) is 0 Å². The molecule has 0 saturated carbocycles. The Balaban J connectivity index is 1.27. The van der Waals surface area contributed by atoms with Gasteiger partial charge in [-0.25, -0.2) is 0 Å². The average Bonchev–Trinajstić information content (AvgIpc) is 3.21. The van der Waals surface area contributed by atoms with Crippen LogP contribution in [0.2, 0.25) is 0 Å². The van der Waals surface area contributed by atoms with Crippen LogP contribution in [0.15, 0.2) is 34.5 Å². The minimum atomic E-state index is -0.512. The van der Waals surface area contributed by atoms with Gasteiger partial charge in [-0.05, 0) is 76.1 Å². The molecule has 0 radical (unpaired) electrons. The number of amides is 2. The van der Waals surface area contributed by atoms with E-state index >= 15 is 0 Å². The molecule has 1 aromatic heterocycles. The van der Waals surface area contributed by atoms with Crippen LogP contribution in [0.1, 0.15) is 50.7 Å². The number of nitrogens with one attached hydrogen (secondary N) is 2. The van der Waals surface area contributed by atoms with Gasteiger partial charge in [0, 0.05) is 13.1 Å². The first-order valence-corrected chi connectivity index (χ1v) is 10.2. The molecule has 1 saturated heterocycles. The van der Waals surface area contributed by atoms with Crippen molar-refractivity contribution in [3.63, 3.8) is 0 Å². The molecule has 0 spiro atoms. The largest absolute Gasteiger partial charge is 0.468 e. The predicted octanol–water partition coefficient (Wildman–Crippen LogP) is 2.61. The Labute approximate surface area is 161 Å². The molecule has 1 aliphatic carbocycles. The molecular weight excluding hydrogens is 342 g/mol. The molecule has 1 fully saturated rings. The Kier molecular flexibility index (Phi) is 7.51. The van der Waals surface area contributed by atoms with Gasteiger partial charge in [0.25, 0.3) is 0 Å². The third-order valence-corrected chi connectivity index (χ3v) is 5.54. The van der Waals surface area contributed by atoms with E-state index in [1.165, 1.54) is 18.4 Å². The highest BCUT2D eigenvalue weighted by Crippen LogP contribution is 2.20. The first-order chi connectivity index (χ1) is 13.2. The van der Waals surface area contributed by atoms with Gasteiger partial charge in [0.1, 0.15) is 5.76 Å². The standard InChI is InChI=1S/C21H31N3O3/c25-20(22-11-8-17-5-2-1-3-6-17)21(26)23-15-18-9-12-24(13-10-18)16-19-7-4-14-27-19/h4-5,7,14,18H,1-3,6,8-13,15-16H2,(H,22,25)(H,23,26). The van der Waals surface area contributed by atoms with Gasteiger partial charge in [-0.1, -0.05) is 11.6 Å². The zero-order chi connectivity index (χ0) is 18.9. The van der Waals surface area contributed by atoms with Gasteiger partial charge in [-0.2, -0.15) is 0 Å². The molecular formula is C21H31N3O3. The summed E-state index contributed by atoms with van der Waals surface area (Å²) >= 11 is 0. The van der Waals surface area contributed by atoms with E-state index in [0.717, 1.165) is 57.5 Å². The fraction of sp³-hybridized carbons (Fsp3) is 0.619. The summed E-state index contributed by atoms with van der Waals surface area (Å²) in [5.74, 6) is 0.400. The van der Waals surface area contributed by atoms with Crippen LogP contribution in [0, 0.1) is 5.92 Å². The smallest absolute Gasteiger partial charge is 0.309 e. The molecule has 6 heteroatoms. The number of furan rings is 1. The quantitative estimate of drug-likeness (QED) is 0.569. The number of hydrogen-bond acceptors (Lipinski definition) is 4. The van der Waals surface area contributed by atoms with E-state index < -0.39 is 11.8 Å². The summed E-state index contributed by atoms with van der Waals surface area (Å²) in [4.78, 5) is 26.3. The van der Waals surface area contributed by atoms with Crippen molar-refractivity contribution in [2.24, 2.45) is 5.92 Å². The Morgan fingerprint density at radius 2 is 1.96 bits per heavy atom. The Bertz CT molecular complexity index is 631. The van der Waals surface area contributed by atoms with Crippen molar-refractivity contribution in [3.8, 4) is 0 Å². The van der Waals surface area contributed by atoms with Crippen molar-refractivity contribution in [1.82, 2.24) is 15.5 Å². The van der Waals surface area contributed by atoms with E-state index in [9.17, 15) is 9.59 Å². The molecule has 1 aliphatic heterocycles. The maximum absolute atomic E-state index is 12.0. The van der Waals surface area contributed by atoms with Crippen molar-refractivity contribution in [1.29, 1.82) is 0 Å². The van der Waals surface area contributed by atoms with Crippen LogP contribution >= 0.6 is 0 Å². The molecule has 2 heterocycles. The van der Waals surface area contributed by atoms with Crippen molar-refractivity contribution in [2.75, 3.05) is 26.2 Å². The Hall–Kier alpha value is -2.08. The molecule has 0 bridgehead atoms.